The first-order valence-corrected chi connectivity index (χ1v) is 7.59. The number of nitrogens with one attached hydrogen (secondary N) is 1. The van der Waals surface area contributed by atoms with Crippen molar-refractivity contribution in [2.45, 2.75) is 32.1 Å². The Bertz CT molecular complexity index is 627. The normalized spacial score (nSPS) is 17.0. The van der Waals surface area contributed by atoms with Crippen LogP contribution >= 0.6 is 0 Å². The summed E-state index contributed by atoms with van der Waals surface area (Å²) in [6, 6.07) is 10.2. The van der Waals surface area contributed by atoms with Gasteiger partial charge in [0.25, 0.3) is 0 Å². The van der Waals surface area contributed by atoms with Gasteiger partial charge in [0, 0.05) is 24.4 Å². The van der Waals surface area contributed by atoms with Gasteiger partial charge in [-0.05, 0) is 18.9 Å². The van der Waals surface area contributed by atoms with Gasteiger partial charge >= 0.3 is 0 Å². The minimum Gasteiger partial charge on any atom is -0.493 e. The van der Waals surface area contributed by atoms with Crippen molar-refractivity contribution in [2.24, 2.45) is 0 Å². The first-order valence-electron chi connectivity index (χ1n) is 7.59. The van der Waals surface area contributed by atoms with E-state index in [9.17, 15) is 0 Å². The molecule has 4 heteroatoms. The first kappa shape index (κ1) is 13.9. The molecule has 1 aliphatic rings. The van der Waals surface area contributed by atoms with E-state index in [1.165, 1.54) is 5.56 Å². The molecule has 2 aromatic rings. The molecule has 0 saturated heterocycles. The lowest BCUT2D eigenvalue weighted by atomic mass is 9.92. The molecule has 1 aromatic carbocycles. The number of aromatic nitrogens is 2. The molecule has 0 saturated carbocycles. The number of para-hydroxylation sites is 1. The Morgan fingerprint density at radius 1 is 1.29 bits per heavy atom. The van der Waals surface area contributed by atoms with E-state index in [0.29, 0.717) is 0 Å². The van der Waals surface area contributed by atoms with Gasteiger partial charge in [-0.1, -0.05) is 31.5 Å². The third-order valence-electron chi connectivity index (χ3n) is 3.83. The average molecular weight is 283 g/mol. The molecule has 0 aliphatic carbocycles. The van der Waals surface area contributed by atoms with Crippen LogP contribution in [0.1, 0.15) is 42.8 Å². The van der Waals surface area contributed by atoms with Crippen LogP contribution in [0.15, 0.2) is 30.3 Å². The van der Waals surface area contributed by atoms with Gasteiger partial charge < -0.3 is 10.1 Å². The molecule has 4 nitrogen and oxygen atoms in total. The molecular weight excluding hydrogens is 262 g/mol. The third kappa shape index (κ3) is 2.84. The van der Waals surface area contributed by atoms with Crippen molar-refractivity contribution >= 4 is 5.82 Å². The molecule has 1 aromatic heterocycles. The van der Waals surface area contributed by atoms with Crippen LogP contribution in [0, 0.1) is 0 Å². The molecule has 1 aliphatic heterocycles. The van der Waals surface area contributed by atoms with Crippen molar-refractivity contribution in [2.75, 3.05) is 19.0 Å². The fourth-order valence-corrected chi connectivity index (χ4v) is 2.80. The van der Waals surface area contributed by atoms with Crippen LogP contribution in [0.4, 0.5) is 5.82 Å². The highest BCUT2D eigenvalue weighted by Crippen LogP contribution is 2.36. The summed E-state index contributed by atoms with van der Waals surface area (Å²) in [5, 5.41) is 3.15. The maximum Gasteiger partial charge on any atom is 0.138 e. The lowest BCUT2D eigenvalue weighted by Gasteiger charge is -2.25. The molecule has 0 fully saturated rings. The Morgan fingerprint density at radius 2 is 2.14 bits per heavy atom. The van der Waals surface area contributed by atoms with Crippen LogP contribution < -0.4 is 10.1 Å². The molecule has 2 heterocycles. The van der Waals surface area contributed by atoms with Gasteiger partial charge in [-0.3, -0.25) is 0 Å². The molecular formula is C17H21N3O. The summed E-state index contributed by atoms with van der Waals surface area (Å²) in [7, 11) is 1.90. The molecule has 110 valence electrons. The van der Waals surface area contributed by atoms with Crippen LogP contribution in [0.3, 0.4) is 0 Å². The molecule has 3 rings (SSSR count). The van der Waals surface area contributed by atoms with Gasteiger partial charge in [-0.2, -0.15) is 0 Å². The van der Waals surface area contributed by atoms with Crippen LogP contribution in [0.5, 0.6) is 5.75 Å². The van der Waals surface area contributed by atoms with Crippen molar-refractivity contribution < 1.29 is 4.74 Å². The smallest absolute Gasteiger partial charge is 0.138 e. The number of aryl methyl sites for hydroxylation is 1. The molecule has 1 unspecified atom stereocenters. The molecule has 1 atom stereocenters. The number of benzene rings is 1. The third-order valence-corrected chi connectivity index (χ3v) is 3.83. The highest BCUT2D eigenvalue weighted by Gasteiger charge is 2.25. The summed E-state index contributed by atoms with van der Waals surface area (Å²) >= 11 is 0. The minimum atomic E-state index is 0.221. The number of hydrogen-bond acceptors (Lipinski definition) is 4. The van der Waals surface area contributed by atoms with Crippen molar-refractivity contribution in [3.63, 3.8) is 0 Å². The van der Waals surface area contributed by atoms with Gasteiger partial charge in [-0.15, -0.1) is 0 Å². The fraction of sp³-hybridized carbons (Fsp3) is 0.412. The number of hydrogen-bond donors (Lipinski definition) is 1. The number of ether oxygens (including phenoxy) is 1. The van der Waals surface area contributed by atoms with E-state index in [1.807, 2.05) is 25.2 Å². The van der Waals surface area contributed by atoms with Gasteiger partial charge in [0.2, 0.25) is 0 Å². The fourth-order valence-electron chi connectivity index (χ4n) is 2.80. The number of nitrogens with zero attached hydrogens (tertiary/aromatic N) is 2. The number of fused-ring (bicyclic) bond motifs is 1. The maximum atomic E-state index is 5.74. The Balaban J connectivity index is 2.02. The van der Waals surface area contributed by atoms with E-state index in [2.05, 4.69) is 29.4 Å². The monoisotopic (exact) mass is 283 g/mol. The van der Waals surface area contributed by atoms with Crippen LogP contribution in [-0.2, 0) is 6.42 Å². The van der Waals surface area contributed by atoms with Crippen LogP contribution in [0.2, 0.25) is 0 Å². The minimum absolute atomic E-state index is 0.221. The largest absolute Gasteiger partial charge is 0.493 e. The lowest BCUT2D eigenvalue weighted by molar-refractivity contribution is 0.274. The SMILES string of the molecule is CCCc1cc(NC)nc(C2CCOc3ccccc32)n1. The highest BCUT2D eigenvalue weighted by molar-refractivity contribution is 5.43. The summed E-state index contributed by atoms with van der Waals surface area (Å²) in [5.41, 5.74) is 2.30. The van der Waals surface area contributed by atoms with E-state index >= 15 is 0 Å². The summed E-state index contributed by atoms with van der Waals surface area (Å²) in [6.07, 6.45) is 2.99. The van der Waals surface area contributed by atoms with Gasteiger partial charge in [0.05, 0.1) is 12.5 Å². The first-order chi connectivity index (χ1) is 10.3. The molecule has 0 bridgehead atoms. The quantitative estimate of drug-likeness (QED) is 0.934. The van der Waals surface area contributed by atoms with Crippen LogP contribution in [-0.4, -0.2) is 23.6 Å². The molecule has 1 N–H and O–H groups in total. The zero-order valence-corrected chi connectivity index (χ0v) is 12.6. The Labute approximate surface area is 125 Å². The number of anilines is 1. The molecule has 21 heavy (non-hydrogen) atoms. The van der Waals surface area contributed by atoms with Gasteiger partial charge in [-0.25, -0.2) is 9.97 Å². The Hall–Kier alpha value is -2.10. The van der Waals surface area contributed by atoms with E-state index in [0.717, 1.165) is 49.0 Å². The summed E-state index contributed by atoms with van der Waals surface area (Å²) < 4.78 is 5.74. The van der Waals surface area contributed by atoms with E-state index < -0.39 is 0 Å². The second-order valence-corrected chi connectivity index (χ2v) is 5.33. The summed E-state index contributed by atoms with van der Waals surface area (Å²) in [6.45, 7) is 2.89. The van der Waals surface area contributed by atoms with Crippen molar-refractivity contribution in [3.8, 4) is 5.75 Å². The van der Waals surface area contributed by atoms with Crippen molar-refractivity contribution in [3.05, 3.63) is 47.4 Å². The Morgan fingerprint density at radius 3 is 2.95 bits per heavy atom. The topological polar surface area (TPSA) is 47.0 Å². The molecule has 0 amide bonds. The van der Waals surface area contributed by atoms with Crippen LogP contribution in [0.25, 0.3) is 0 Å². The van der Waals surface area contributed by atoms with E-state index in [4.69, 9.17) is 9.72 Å². The zero-order valence-electron chi connectivity index (χ0n) is 12.6. The van der Waals surface area contributed by atoms with Gasteiger partial charge in [0.15, 0.2) is 0 Å². The van der Waals surface area contributed by atoms with E-state index in [1.54, 1.807) is 0 Å². The standard InChI is InChI=1S/C17H21N3O/c1-3-6-12-11-16(18-2)20-17(19-12)14-9-10-21-15-8-5-4-7-13(14)15/h4-5,7-8,11,14H,3,6,9-10H2,1-2H3,(H,18,19,20). The lowest BCUT2D eigenvalue weighted by Crippen LogP contribution is -2.18. The number of rotatable bonds is 4. The predicted octanol–water partition coefficient (Wildman–Crippen LogP) is 3.39. The zero-order chi connectivity index (χ0) is 14.7. The van der Waals surface area contributed by atoms with Crippen molar-refractivity contribution in [1.82, 2.24) is 9.97 Å². The second kappa shape index (κ2) is 6.12. The maximum absolute atomic E-state index is 5.74. The average Bonchev–Trinajstić information content (AvgIpc) is 2.54. The molecule has 0 radical (unpaired) electrons. The summed E-state index contributed by atoms with van der Waals surface area (Å²) in [4.78, 5) is 9.47. The predicted molar refractivity (Wildman–Crippen MR) is 84.0 cm³/mol. The Kier molecular flexibility index (Phi) is 4.04. The van der Waals surface area contributed by atoms with Crippen molar-refractivity contribution in [1.29, 1.82) is 0 Å². The summed E-state index contributed by atoms with van der Waals surface area (Å²) in [5.74, 6) is 2.98. The van der Waals surface area contributed by atoms with E-state index in [-0.39, 0.29) is 5.92 Å². The highest BCUT2D eigenvalue weighted by atomic mass is 16.5. The van der Waals surface area contributed by atoms with Gasteiger partial charge in [0.1, 0.15) is 17.4 Å². The molecule has 0 spiro atoms. The second-order valence-electron chi connectivity index (χ2n) is 5.33.